The third-order valence-electron chi connectivity index (χ3n) is 16.7. The Morgan fingerprint density at radius 1 is 0.346 bits per heavy atom. The molecule has 0 aromatic rings. The van der Waals surface area contributed by atoms with Crippen molar-refractivity contribution in [2.75, 3.05) is 13.2 Å². The van der Waals surface area contributed by atoms with Crippen molar-refractivity contribution in [3.63, 3.8) is 0 Å². The summed E-state index contributed by atoms with van der Waals surface area (Å²) in [6.07, 6.45) is 85.0. The Morgan fingerprint density at radius 3 is 0.910 bits per heavy atom. The fourth-order valence-corrected chi connectivity index (χ4v) is 11.3. The van der Waals surface area contributed by atoms with Gasteiger partial charge in [-0.05, 0) is 77.0 Å². The zero-order valence-corrected chi connectivity index (χ0v) is 52.9. The molecule has 0 aliphatic heterocycles. The number of carbonyl (C=O) groups is 2. The van der Waals surface area contributed by atoms with Crippen LogP contribution in [0.3, 0.4) is 0 Å². The lowest BCUT2D eigenvalue weighted by Crippen LogP contribution is -2.45. The normalized spacial score (nSPS) is 12.6. The van der Waals surface area contributed by atoms with Crippen LogP contribution in [0.2, 0.25) is 0 Å². The van der Waals surface area contributed by atoms with Crippen LogP contribution < -0.4 is 5.32 Å². The lowest BCUT2D eigenvalue weighted by molar-refractivity contribution is -0.143. The fraction of sp³-hybridized carbons (Fsp3) is 0.917. The van der Waals surface area contributed by atoms with Crippen molar-refractivity contribution in [1.82, 2.24) is 5.32 Å². The Bertz CT molecular complexity index is 1220. The number of aliphatic hydroxyl groups is 2. The van der Waals surface area contributed by atoms with Crippen LogP contribution in [0, 0.1) is 0 Å². The molecule has 0 aliphatic rings. The zero-order valence-electron chi connectivity index (χ0n) is 52.9. The van der Waals surface area contributed by atoms with Crippen LogP contribution in [-0.4, -0.2) is 47.4 Å². The number of hydrogen-bond acceptors (Lipinski definition) is 5. The van der Waals surface area contributed by atoms with Gasteiger partial charge in [-0.1, -0.05) is 334 Å². The number of rotatable bonds is 67. The Kier molecular flexibility index (Phi) is 66.4. The van der Waals surface area contributed by atoms with Crippen molar-refractivity contribution in [2.24, 2.45) is 0 Å². The molecular weight excluding hydrogens is 959 g/mol. The van der Waals surface area contributed by atoms with Gasteiger partial charge in [0.15, 0.2) is 0 Å². The van der Waals surface area contributed by atoms with Gasteiger partial charge in [-0.3, -0.25) is 9.59 Å². The third-order valence-corrected chi connectivity index (χ3v) is 16.7. The number of esters is 1. The molecule has 2 atom stereocenters. The van der Waals surface area contributed by atoms with E-state index in [1.165, 1.54) is 315 Å². The topological polar surface area (TPSA) is 95.9 Å². The number of aliphatic hydroxyl groups excluding tert-OH is 2. The Hall–Kier alpha value is -1.66. The molecular formula is C72H139NO5. The van der Waals surface area contributed by atoms with E-state index < -0.39 is 12.1 Å². The summed E-state index contributed by atoms with van der Waals surface area (Å²) < 4.78 is 5.50. The summed E-state index contributed by atoms with van der Waals surface area (Å²) >= 11 is 0. The minimum absolute atomic E-state index is 0.000916. The van der Waals surface area contributed by atoms with Gasteiger partial charge < -0.3 is 20.3 Å². The summed E-state index contributed by atoms with van der Waals surface area (Å²) in [7, 11) is 0. The van der Waals surface area contributed by atoms with Crippen molar-refractivity contribution < 1.29 is 24.5 Å². The molecule has 1 amide bonds. The fourth-order valence-electron chi connectivity index (χ4n) is 11.3. The molecule has 0 bridgehead atoms. The van der Waals surface area contributed by atoms with Gasteiger partial charge in [-0.25, -0.2) is 0 Å². The molecule has 2 unspecified atom stereocenters. The Labute approximate surface area is 488 Å². The average molecular weight is 1100 g/mol. The smallest absolute Gasteiger partial charge is 0.305 e. The maximum atomic E-state index is 12.6. The predicted octanol–water partition coefficient (Wildman–Crippen LogP) is 22.9. The molecule has 0 saturated carbocycles. The van der Waals surface area contributed by atoms with Crippen LogP contribution in [0.25, 0.3) is 0 Å². The number of unbranched alkanes of at least 4 members (excludes halogenated alkanes) is 52. The van der Waals surface area contributed by atoms with Crippen molar-refractivity contribution >= 4 is 11.9 Å². The van der Waals surface area contributed by atoms with E-state index in [1.54, 1.807) is 0 Å². The maximum Gasteiger partial charge on any atom is 0.305 e. The number of hydrogen-bond donors (Lipinski definition) is 3. The molecule has 462 valence electrons. The second-order valence-corrected chi connectivity index (χ2v) is 24.6. The van der Waals surface area contributed by atoms with E-state index in [4.69, 9.17) is 4.74 Å². The van der Waals surface area contributed by atoms with Crippen LogP contribution in [0.15, 0.2) is 24.3 Å². The first-order valence-corrected chi connectivity index (χ1v) is 35.6. The van der Waals surface area contributed by atoms with E-state index in [0.717, 1.165) is 51.4 Å². The summed E-state index contributed by atoms with van der Waals surface area (Å²) in [5.41, 5.74) is 0. The van der Waals surface area contributed by atoms with Crippen molar-refractivity contribution in [3.8, 4) is 0 Å². The molecule has 0 aliphatic carbocycles. The van der Waals surface area contributed by atoms with Crippen LogP contribution in [0.4, 0.5) is 0 Å². The quantitative estimate of drug-likeness (QED) is 0.0320. The van der Waals surface area contributed by atoms with E-state index in [-0.39, 0.29) is 18.5 Å². The number of nitrogens with one attached hydrogen (secondary N) is 1. The minimum Gasteiger partial charge on any atom is -0.466 e. The van der Waals surface area contributed by atoms with Crippen LogP contribution >= 0.6 is 0 Å². The Morgan fingerprint density at radius 2 is 0.603 bits per heavy atom. The van der Waals surface area contributed by atoms with Gasteiger partial charge in [0.25, 0.3) is 0 Å². The molecule has 0 radical (unpaired) electrons. The maximum absolute atomic E-state index is 12.6. The van der Waals surface area contributed by atoms with Gasteiger partial charge in [0.1, 0.15) is 0 Å². The van der Waals surface area contributed by atoms with Gasteiger partial charge in [0.05, 0.1) is 25.4 Å². The van der Waals surface area contributed by atoms with E-state index in [9.17, 15) is 19.8 Å². The molecule has 0 heterocycles. The van der Waals surface area contributed by atoms with Crippen LogP contribution in [0.5, 0.6) is 0 Å². The monoisotopic (exact) mass is 1100 g/mol. The standard InChI is InChI=1S/C72H139NO5/c1-3-5-7-9-11-13-15-17-19-21-23-24-25-26-27-28-30-32-36-40-44-48-52-56-60-64-70(75)69(68-74)73-71(76)65-61-57-53-49-45-41-37-33-31-35-39-43-47-51-55-59-63-67-78-72(77)66-62-58-54-50-46-42-38-34-29-22-20-18-16-14-12-10-8-6-4-2/h18,20,31,35,69-70,74-75H,3-17,19,21-30,32-34,36-68H2,1-2H3,(H,73,76)/b20-18-,35-31-. The summed E-state index contributed by atoms with van der Waals surface area (Å²) in [5, 5.41) is 23.4. The molecule has 0 saturated heterocycles. The van der Waals surface area contributed by atoms with E-state index in [0.29, 0.717) is 25.9 Å². The number of carbonyl (C=O) groups excluding carboxylic acids is 2. The number of allylic oxidation sites excluding steroid dienone is 4. The van der Waals surface area contributed by atoms with Gasteiger partial charge >= 0.3 is 5.97 Å². The highest BCUT2D eigenvalue weighted by molar-refractivity contribution is 5.76. The first-order valence-electron chi connectivity index (χ1n) is 35.6. The zero-order chi connectivity index (χ0) is 56.4. The van der Waals surface area contributed by atoms with Crippen molar-refractivity contribution in [1.29, 1.82) is 0 Å². The van der Waals surface area contributed by atoms with E-state index in [1.807, 2.05) is 0 Å². The molecule has 0 fully saturated rings. The lowest BCUT2D eigenvalue weighted by atomic mass is 10.0. The highest BCUT2D eigenvalue weighted by atomic mass is 16.5. The van der Waals surface area contributed by atoms with E-state index >= 15 is 0 Å². The molecule has 0 rings (SSSR count). The third kappa shape index (κ3) is 63.5. The van der Waals surface area contributed by atoms with Gasteiger partial charge in [-0.15, -0.1) is 0 Å². The molecule has 3 N–H and O–H groups in total. The highest BCUT2D eigenvalue weighted by Gasteiger charge is 2.20. The largest absolute Gasteiger partial charge is 0.466 e. The minimum atomic E-state index is -0.674. The lowest BCUT2D eigenvalue weighted by Gasteiger charge is -2.22. The number of ether oxygens (including phenoxy) is 1. The average Bonchev–Trinajstić information content (AvgIpc) is 3.44. The molecule has 78 heavy (non-hydrogen) atoms. The molecule has 0 aromatic heterocycles. The van der Waals surface area contributed by atoms with Crippen LogP contribution in [-0.2, 0) is 14.3 Å². The molecule has 0 spiro atoms. The summed E-state index contributed by atoms with van der Waals surface area (Å²) in [5.74, 6) is -0.0432. The SMILES string of the molecule is CCCCCCCC/C=C\CCCCCCCCCCCC(=O)OCCCCCCCC/C=C\CCCCCCCCCC(=O)NC(CO)C(O)CCCCCCCCCCCCCCCCCCCCCCCCCCC. The second-order valence-electron chi connectivity index (χ2n) is 24.6. The van der Waals surface area contributed by atoms with Gasteiger partial charge in [0.2, 0.25) is 5.91 Å². The van der Waals surface area contributed by atoms with E-state index in [2.05, 4.69) is 43.5 Å². The first-order chi connectivity index (χ1) is 38.5. The summed E-state index contributed by atoms with van der Waals surface area (Å²) in [6, 6.07) is -0.552. The van der Waals surface area contributed by atoms with Crippen molar-refractivity contribution in [2.45, 2.75) is 411 Å². The molecule has 6 heteroatoms. The first kappa shape index (κ1) is 76.3. The highest BCUT2D eigenvalue weighted by Crippen LogP contribution is 2.19. The van der Waals surface area contributed by atoms with Crippen LogP contribution in [0.1, 0.15) is 399 Å². The molecule has 0 aromatic carbocycles. The summed E-state index contributed by atoms with van der Waals surface area (Å²) in [6.45, 7) is 4.97. The number of amides is 1. The molecule has 6 nitrogen and oxygen atoms in total. The van der Waals surface area contributed by atoms with Gasteiger partial charge in [0, 0.05) is 12.8 Å². The van der Waals surface area contributed by atoms with Crippen molar-refractivity contribution in [3.05, 3.63) is 24.3 Å². The summed E-state index contributed by atoms with van der Waals surface area (Å²) in [4.78, 5) is 24.7. The van der Waals surface area contributed by atoms with Gasteiger partial charge in [-0.2, -0.15) is 0 Å². The Balaban J connectivity index is 3.43. The predicted molar refractivity (Wildman–Crippen MR) is 343 cm³/mol. The second kappa shape index (κ2) is 67.8.